The number of amides is 1. The van der Waals surface area contributed by atoms with Crippen LogP contribution in [0.25, 0.3) is 0 Å². The van der Waals surface area contributed by atoms with Crippen LogP contribution in [-0.2, 0) is 30.2 Å². The van der Waals surface area contributed by atoms with E-state index in [4.69, 9.17) is 16.3 Å². The molecule has 2 aromatic carbocycles. The van der Waals surface area contributed by atoms with Gasteiger partial charge in [-0.05, 0) is 41.5 Å². The van der Waals surface area contributed by atoms with Crippen LogP contribution in [0.15, 0.2) is 36.4 Å². The maximum Gasteiger partial charge on any atom is 0.416 e. The number of alkyl halides is 6. The largest absolute Gasteiger partial charge is 0.416 e. The number of nitrogens with zero attached hydrogens (tertiary/aromatic N) is 4. The summed E-state index contributed by atoms with van der Waals surface area (Å²) in [6.45, 7) is 0.444. The SMILES string of the molecule is O=C(NCc1ccc(F)cc1Cl)c1nnn(Cc2cc(C(F)(F)F)cc(C(F)(F)F)c2)c1N1CCOCC1. The number of hydrogen-bond donors (Lipinski definition) is 1. The van der Waals surface area contributed by atoms with Crippen LogP contribution in [0.4, 0.5) is 36.6 Å². The Kier molecular flexibility index (Phi) is 7.83. The molecule has 0 saturated carbocycles. The van der Waals surface area contributed by atoms with E-state index in [9.17, 15) is 35.5 Å². The van der Waals surface area contributed by atoms with Crippen molar-refractivity contribution in [3.8, 4) is 0 Å². The number of anilines is 1. The lowest BCUT2D eigenvalue weighted by atomic mass is 10.0. The highest BCUT2D eigenvalue weighted by Crippen LogP contribution is 2.36. The van der Waals surface area contributed by atoms with E-state index < -0.39 is 41.7 Å². The van der Waals surface area contributed by atoms with Crippen molar-refractivity contribution in [3.63, 3.8) is 0 Å². The molecule has 1 N–H and O–H groups in total. The molecule has 1 fully saturated rings. The zero-order chi connectivity index (χ0) is 27.7. The summed E-state index contributed by atoms with van der Waals surface area (Å²) in [7, 11) is 0. The molecule has 2 heterocycles. The smallest absolute Gasteiger partial charge is 0.378 e. The topological polar surface area (TPSA) is 72.3 Å². The first-order valence-electron chi connectivity index (χ1n) is 11.1. The minimum atomic E-state index is -5.02. The van der Waals surface area contributed by atoms with E-state index >= 15 is 0 Å². The molecule has 1 aromatic heterocycles. The van der Waals surface area contributed by atoms with E-state index in [1.165, 1.54) is 6.07 Å². The Morgan fingerprint density at radius 1 is 1.00 bits per heavy atom. The molecule has 4 rings (SSSR count). The molecule has 1 aliphatic rings. The van der Waals surface area contributed by atoms with Gasteiger partial charge in [0.1, 0.15) is 5.82 Å². The third-order valence-corrected chi connectivity index (χ3v) is 6.02. The Morgan fingerprint density at radius 3 is 2.21 bits per heavy atom. The minimum Gasteiger partial charge on any atom is -0.378 e. The molecular formula is C23H19ClF7N5O2. The van der Waals surface area contributed by atoms with E-state index in [0.29, 0.717) is 17.7 Å². The van der Waals surface area contributed by atoms with Crippen molar-refractivity contribution in [2.75, 3.05) is 31.2 Å². The van der Waals surface area contributed by atoms with Gasteiger partial charge in [-0.15, -0.1) is 5.10 Å². The van der Waals surface area contributed by atoms with Gasteiger partial charge in [-0.2, -0.15) is 26.3 Å². The zero-order valence-corrected chi connectivity index (χ0v) is 20.1. The van der Waals surface area contributed by atoms with Crippen LogP contribution < -0.4 is 10.2 Å². The fourth-order valence-corrected chi connectivity index (χ4v) is 4.09. The summed E-state index contributed by atoms with van der Waals surface area (Å²) in [4.78, 5) is 14.7. The molecule has 38 heavy (non-hydrogen) atoms. The predicted molar refractivity (Wildman–Crippen MR) is 121 cm³/mol. The fourth-order valence-electron chi connectivity index (χ4n) is 3.86. The molecule has 15 heteroatoms. The molecule has 1 amide bonds. The lowest BCUT2D eigenvalue weighted by molar-refractivity contribution is -0.143. The summed E-state index contributed by atoms with van der Waals surface area (Å²) in [5.74, 6) is -1.19. The van der Waals surface area contributed by atoms with Gasteiger partial charge in [0.15, 0.2) is 11.5 Å². The van der Waals surface area contributed by atoms with Crippen LogP contribution in [0.1, 0.15) is 32.7 Å². The lowest BCUT2D eigenvalue weighted by Crippen LogP contribution is -2.39. The number of rotatable bonds is 6. The van der Waals surface area contributed by atoms with Crippen LogP contribution >= 0.6 is 11.6 Å². The van der Waals surface area contributed by atoms with E-state index in [-0.39, 0.29) is 61.0 Å². The monoisotopic (exact) mass is 565 g/mol. The maximum absolute atomic E-state index is 13.3. The average Bonchev–Trinajstić information content (AvgIpc) is 3.26. The Hall–Kier alpha value is -3.39. The first-order valence-corrected chi connectivity index (χ1v) is 11.5. The third-order valence-electron chi connectivity index (χ3n) is 5.67. The van der Waals surface area contributed by atoms with Crippen LogP contribution in [0.2, 0.25) is 5.02 Å². The number of halogens is 8. The van der Waals surface area contributed by atoms with Gasteiger partial charge in [0.05, 0.1) is 30.9 Å². The molecule has 1 saturated heterocycles. The molecule has 0 unspecified atom stereocenters. The number of hydrogen-bond acceptors (Lipinski definition) is 5. The molecule has 7 nitrogen and oxygen atoms in total. The summed E-state index contributed by atoms with van der Waals surface area (Å²) in [6, 6.07) is 4.83. The predicted octanol–water partition coefficient (Wildman–Crippen LogP) is 4.92. The van der Waals surface area contributed by atoms with Crippen molar-refractivity contribution >= 4 is 23.3 Å². The van der Waals surface area contributed by atoms with Gasteiger partial charge in [0.25, 0.3) is 5.91 Å². The Bertz CT molecular complexity index is 1290. The molecular weight excluding hydrogens is 547 g/mol. The Balaban J connectivity index is 1.67. The normalized spacial score (nSPS) is 14.6. The van der Waals surface area contributed by atoms with Gasteiger partial charge in [-0.1, -0.05) is 22.9 Å². The second-order valence-corrected chi connectivity index (χ2v) is 8.76. The summed E-state index contributed by atoms with van der Waals surface area (Å²) >= 11 is 5.99. The van der Waals surface area contributed by atoms with E-state index in [1.54, 1.807) is 4.90 Å². The summed E-state index contributed by atoms with van der Waals surface area (Å²) in [5.41, 5.74) is -3.07. The van der Waals surface area contributed by atoms with Gasteiger partial charge in [0, 0.05) is 24.7 Å². The highest BCUT2D eigenvalue weighted by Gasteiger charge is 2.37. The minimum absolute atomic E-state index is 0.0349. The zero-order valence-electron chi connectivity index (χ0n) is 19.3. The van der Waals surface area contributed by atoms with Crippen molar-refractivity contribution in [2.45, 2.75) is 25.4 Å². The molecule has 0 bridgehead atoms. The number of morpholine rings is 1. The second kappa shape index (κ2) is 10.8. The highest BCUT2D eigenvalue weighted by atomic mass is 35.5. The van der Waals surface area contributed by atoms with Crippen molar-refractivity contribution in [3.05, 3.63) is 75.2 Å². The van der Waals surface area contributed by atoms with E-state index in [1.807, 2.05) is 0 Å². The van der Waals surface area contributed by atoms with Crippen molar-refractivity contribution in [1.82, 2.24) is 20.3 Å². The average molecular weight is 566 g/mol. The van der Waals surface area contributed by atoms with Crippen LogP contribution in [-0.4, -0.2) is 47.2 Å². The highest BCUT2D eigenvalue weighted by molar-refractivity contribution is 6.31. The molecule has 0 radical (unpaired) electrons. The number of nitrogens with one attached hydrogen (secondary N) is 1. The summed E-state index contributed by atoms with van der Waals surface area (Å²) < 4.78 is 99.6. The van der Waals surface area contributed by atoms with Crippen molar-refractivity contribution < 1.29 is 40.3 Å². The molecule has 0 atom stereocenters. The van der Waals surface area contributed by atoms with Gasteiger partial charge in [-0.3, -0.25) is 4.79 Å². The van der Waals surface area contributed by atoms with E-state index in [0.717, 1.165) is 16.8 Å². The summed E-state index contributed by atoms with van der Waals surface area (Å²) in [6.07, 6.45) is -10.0. The van der Waals surface area contributed by atoms with Gasteiger partial charge < -0.3 is 15.0 Å². The lowest BCUT2D eigenvalue weighted by Gasteiger charge is -2.29. The number of carbonyl (C=O) groups excluding carboxylic acids is 1. The van der Waals surface area contributed by atoms with Crippen LogP contribution in [0.5, 0.6) is 0 Å². The van der Waals surface area contributed by atoms with Crippen LogP contribution in [0, 0.1) is 5.82 Å². The van der Waals surface area contributed by atoms with E-state index in [2.05, 4.69) is 15.6 Å². The first-order chi connectivity index (χ1) is 17.8. The molecule has 3 aromatic rings. The van der Waals surface area contributed by atoms with Gasteiger partial charge in [-0.25, -0.2) is 9.07 Å². The van der Waals surface area contributed by atoms with Gasteiger partial charge >= 0.3 is 12.4 Å². The van der Waals surface area contributed by atoms with Gasteiger partial charge in [0.2, 0.25) is 0 Å². The third kappa shape index (κ3) is 6.35. The second-order valence-electron chi connectivity index (χ2n) is 8.35. The molecule has 1 aliphatic heterocycles. The maximum atomic E-state index is 13.3. The number of ether oxygens (including phenoxy) is 1. The quantitative estimate of drug-likeness (QED) is 0.430. The number of aromatic nitrogens is 3. The van der Waals surface area contributed by atoms with Crippen molar-refractivity contribution in [1.29, 1.82) is 0 Å². The standard InChI is InChI=1S/C23H19ClF7N5O2/c24-18-10-17(25)2-1-14(18)11-32-20(37)19-21(35-3-5-38-6-4-35)36(34-33-19)12-13-7-15(22(26,27)28)9-16(8-13)23(29,30)31/h1-2,7-10H,3-6,11-12H2,(H,32,37). The Labute approximate surface area is 216 Å². The summed E-state index contributed by atoms with van der Waals surface area (Å²) in [5, 5.41) is 10.4. The van der Waals surface area contributed by atoms with Crippen molar-refractivity contribution in [2.24, 2.45) is 0 Å². The molecule has 0 spiro atoms. The molecule has 204 valence electrons. The first kappa shape index (κ1) is 27.6. The fraction of sp³-hybridized carbons (Fsp3) is 0.348. The number of benzene rings is 2. The number of carbonyl (C=O) groups is 1. The van der Waals surface area contributed by atoms with Crippen LogP contribution in [0.3, 0.4) is 0 Å². The molecule has 0 aliphatic carbocycles. The Morgan fingerprint density at radius 2 is 1.63 bits per heavy atom.